The van der Waals surface area contributed by atoms with E-state index in [1.165, 1.54) is 12.1 Å². The topological polar surface area (TPSA) is 87.7 Å². The lowest BCUT2D eigenvalue weighted by atomic mass is 10.2. The molecule has 172 valence electrons. The van der Waals surface area contributed by atoms with E-state index in [1.54, 1.807) is 7.05 Å². The third-order valence-electron chi connectivity index (χ3n) is 4.87. The molecule has 31 heavy (non-hydrogen) atoms. The van der Waals surface area contributed by atoms with Crippen LogP contribution in [0.25, 0.3) is 0 Å². The fourth-order valence-corrected chi connectivity index (χ4v) is 2.93. The monoisotopic (exact) mass is 431 g/mol. The Kier molecular flexibility index (Phi) is 13.1. The molecule has 2 atom stereocenters. The molecule has 0 aromatic heterocycles. The molecule has 7 nitrogen and oxygen atoms in total. The number of rotatable bonds is 9. The second-order valence-corrected chi connectivity index (χ2v) is 8.08. The average Bonchev–Trinajstić information content (AvgIpc) is 3.55. The highest BCUT2D eigenvalue weighted by atomic mass is 16.5. The lowest BCUT2D eigenvalue weighted by Crippen LogP contribution is -2.43. The van der Waals surface area contributed by atoms with Crippen LogP contribution in [0.1, 0.15) is 32.3 Å². The number of aldehydes is 1. The van der Waals surface area contributed by atoms with Crippen molar-refractivity contribution in [2.75, 3.05) is 33.8 Å². The molecule has 1 aliphatic heterocycles. The Balaban J connectivity index is 0.000000242. The Morgan fingerprint density at radius 3 is 2.35 bits per heavy atom. The molecule has 1 aromatic rings. The maximum absolute atomic E-state index is 11.1. The molecule has 1 saturated carbocycles. The van der Waals surface area contributed by atoms with Gasteiger partial charge >= 0.3 is 0 Å². The molecule has 1 heterocycles. The quantitative estimate of drug-likeness (QED) is 0.462. The van der Waals surface area contributed by atoms with Gasteiger partial charge in [0.25, 0.3) is 0 Å². The Bertz CT molecular complexity index is 689. The average molecular weight is 432 g/mol. The van der Waals surface area contributed by atoms with Gasteiger partial charge in [0.05, 0.1) is 13.2 Å². The summed E-state index contributed by atoms with van der Waals surface area (Å²) in [4.78, 5) is 33.7. The molecule has 2 N–H and O–H groups in total. The van der Waals surface area contributed by atoms with Crippen LogP contribution < -0.4 is 10.6 Å². The molecular formula is C24H37N3O4. The third-order valence-corrected chi connectivity index (χ3v) is 4.87. The number of benzene rings is 1. The number of ether oxygens (including phenoxy) is 1. The van der Waals surface area contributed by atoms with E-state index in [0.717, 1.165) is 31.2 Å². The number of carbonyl (C=O) groups excluding carboxylic acids is 3. The predicted octanol–water partition coefficient (Wildman–Crippen LogP) is 2.17. The maximum atomic E-state index is 11.1. The van der Waals surface area contributed by atoms with E-state index in [-0.39, 0.29) is 17.9 Å². The van der Waals surface area contributed by atoms with Crippen LogP contribution in [0, 0.1) is 11.8 Å². The van der Waals surface area contributed by atoms with Crippen molar-refractivity contribution >= 4 is 18.6 Å². The highest BCUT2D eigenvalue weighted by Gasteiger charge is 2.35. The van der Waals surface area contributed by atoms with Crippen molar-refractivity contribution in [2.24, 2.45) is 11.8 Å². The van der Waals surface area contributed by atoms with Crippen molar-refractivity contribution in [3.63, 3.8) is 0 Å². The third kappa shape index (κ3) is 12.1. The van der Waals surface area contributed by atoms with Crippen LogP contribution in [0.2, 0.25) is 0 Å². The van der Waals surface area contributed by atoms with Crippen molar-refractivity contribution < 1.29 is 19.1 Å². The van der Waals surface area contributed by atoms with Gasteiger partial charge in [-0.2, -0.15) is 0 Å². The smallest absolute Gasteiger partial charge is 0.242 e. The SMILES string of the molecule is CC(C=O)COCc1ccccc1.CC1=CCN(C)C1.CNC(=O)C(NC=O)C1CC1. The number of hydrogen-bond acceptors (Lipinski definition) is 5. The summed E-state index contributed by atoms with van der Waals surface area (Å²) < 4.78 is 5.34. The molecule has 1 aromatic carbocycles. The molecule has 0 saturated heterocycles. The first-order valence-corrected chi connectivity index (χ1v) is 10.7. The molecule has 7 heteroatoms. The summed E-state index contributed by atoms with van der Waals surface area (Å²) in [5.41, 5.74) is 2.64. The van der Waals surface area contributed by atoms with Crippen LogP contribution >= 0.6 is 0 Å². The zero-order valence-corrected chi connectivity index (χ0v) is 19.2. The number of nitrogens with zero attached hydrogens (tertiary/aromatic N) is 1. The molecule has 1 fully saturated rings. The van der Waals surface area contributed by atoms with Crippen molar-refractivity contribution in [3.8, 4) is 0 Å². The second-order valence-electron chi connectivity index (χ2n) is 8.08. The highest BCUT2D eigenvalue weighted by Crippen LogP contribution is 2.32. The minimum atomic E-state index is -0.308. The highest BCUT2D eigenvalue weighted by molar-refractivity contribution is 5.84. The summed E-state index contributed by atoms with van der Waals surface area (Å²) in [7, 11) is 3.71. The van der Waals surface area contributed by atoms with Gasteiger partial charge < -0.3 is 20.2 Å². The van der Waals surface area contributed by atoms with Gasteiger partial charge in [-0.05, 0) is 38.3 Å². The van der Waals surface area contributed by atoms with Gasteiger partial charge in [-0.15, -0.1) is 0 Å². The number of amides is 2. The van der Waals surface area contributed by atoms with Crippen LogP contribution in [-0.2, 0) is 25.7 Å². The molecule has 1 aliphatic carbocycles. The Morgan fingerprint density at radius 2 is 1.94 bits per heavy atom. The first-order chi connectivity index (χ1) is 14.9. The molecule has 0 radical (unpaired) electrons. The standard InChI is InChI=1S/C11H14O2.C7H12N2O2.C6H11N/c1-10(7-12)8-13-9-11-5-3-2-4-6-11;1-8-7(11)6(9-4-10)5-2-3-5;1-6-3-4-7(2)5-6/h2-7,10H,8-9H2,1H3;4-6H,2-3H2,1H3,(H,8,11)(H,9,10);3H,4-5H2,1-2H3. The van der Waals surface area contributed by atoms with Gasteiger partial charge in [-0.1, -0.05) is 48.9 Å². The van der Waals surface area contributed by atoms with Gasteiger partial charge in [-0.25, -0.2) is 0 Å². The lowest BCUT2D eigenvalue weighted by molar-refractivity contribution is -0.125. The molecule has 2 aliphatic rings. The molecule has 2 unspecified atom stereocenters. The van der Waals surface area contributed by atoms with E-state index >= 15 is 0 Å². The van der Waals surface area contributed by atoms with E-state index in [4.69, 9.17) is 4.74 Å². The summed E-state index contributed by atoms with van der Waals surface area (Å²) in [5.74, 6) is 0.253. The van der Waals surface area contributed by atoms with Gasteiger partial charge in [0.2, 0.25) is 12.3 Å². The van der Waals surface area contributed by atoms with Crippen molar-refractivity contribution in [3.05, 3.63) is 47.5 Å². The minimum Gasteiger partial charge on any atom is -0.376 e. The molecule has 0 bridgehead atoms. The summed E-state index contributed by atoms with van der Waals surface area (Å²) >= 11 is 0. The maximum Gasteiger partial charge on any atom is 0.242 e. The summed E-state index contributed by atoms with van der Waals surface area (Å²) in [6.45, 7) is 7.41. The van der Waals surface area contributed by atoms with Crippen LogP contribution in [-0.4, -0.2) is 63.3 Å². The predicted molar refractivity (Wildman–Crippen MR) is 122 cm³/mol. The van der Waals surface area contributed by atoms with Crippen molar-refractivity contribution in [2.45, 2.75) is 39.3 Å². The van der Waals surface area contributed by atoms with Crippen molar-refractivity contribution in [1.29, 1.82) is 0 Å². The van der Waals surface area contributed by atoms with Gasteiger partial charge in [0, 0.05) is 26.1 Å². The first-order valence-electron chi connectivity index (χ1n) is 10.7. The van der Waals surface area contributed by atoms with Crippen molar-refractivity contribution in [1.82, 2.24) is 15.5 Å². The molecular weight excluding hydrogens is 394 g/mol. The fraction of sp³-hybridized carbons (Fsp3) is 0.542. The van der Waals surface area contributed by atoms with Gasteiger partial charge in [-0.3, -0.25) is 14.5 Å². The van der Waals surface area contributed by atoms with E-state index in [9.17, 15) is 14.4 Å². The first kappa shape index (κ1) is 26.5. The summed E-state index contributed by atoms with van der Waals surface area (Å²) in [5, 5.41) is 5.01. The fourth-order valence-electron chi connectivity index (χ4n) is 2.93. The van der Waals surface area contributed by atoms with Crippen LogP contribution in [0.3, 0.4) is 0 Å². The summed E-state index contributed by atoms with van der Waals surface area (Å²) in [6, 6.07) is 9.62. The Labute approximate surface area is 186 Å². The number of carbonyl (C=O) groups is 3. The van der Waals surface area contributed by atoms with Gasteiger partial charge in [0.15, 0.2) is 0 Å². The summed E-state index contributed by atoms with van der Waals surface area (Å²) in [6.07, 6.45) is 5.83. The van der Waals surface area contributed by atoms with E-state index in [0.29, 0.717) is 25.5 Å². The number of hydrogen-bond donors (Lipinski definition) is 2. The van der Waals surface area contributed by atoms with Crippen LogP contribution in [0.5, 0.6) is 0 Å². The number of likely N-dealkylation sites (N-methyl/N-ethyl adjacent to an activating group) is 2. The normalized spacial score (nSPS) is 17.0. The Morgan fingerprint density at radius 1 is 1.26 bits per heavy atom. The molecule has 0 spiro atoms. The van der Waals surface area contributed by atoms with E-state index in [2.05, 4.69) is 35.6 Å². The van der Waals surface area contributed by atoms with Gasteiger partial charge in [0.1, 0.15) is 12.3 Å². The number of nitrogens with one attached hydrogen (secondary N) is 2. The minimum absolute atomic E-state index is 0.0105. The van der Waals surface area contributed by atoms with Crippen LogP contribution in [0.4, 0.5) is 0 Å². The molecule has 2 amide bonds. The Hall–Kier alpha value is -2.51. The van der Waals surface area contributed by atoms with E-state index in [1.807, 2.05) is 37.3 Å². The largest absolute Gasteiger partial charge is 0.376 e. The second kappa shape index (κ2) is 15.3. The van der Waals surface area contributed by atoms with Crippen LogP contribution in [0.15, 0.2) is 42.0 Å². The zero-order chi connectivity index (χ0) is 23.1. The lowest BCUT2D eigenvalue weighted by Gasteiger charge is -2.12. The molecule has 3 rings (SSSR count). The zero-order valence-electron chi connectivity index (χ0n) is 19.2. The van der Waals surface area contributed by atoms with E-state index < -0.39 is 0 Å².